The van der Waals surface area contributed by atoms with Crippen molar-refractivity contribution >= 4 is 0 Å². The lowest BCUT2D eigenvalue weighted by Gasteiger charge is -2.13. The first-order valence-electron chi connectivity index (χ1n) is 3.93. The first-order valence-corrected chi connectivity index (χ1v) is 3.93. The number of hydrogen-bond donors (Lipinski definition) is 0. The van der Waals surface area contributed by atoms with Crippen LogP contribution in [0.2, 0.25) is 0 Å². The Morgan fingerprint density at radius 3 is 2.60 bits per heavy atom. The van der Waals surface area contributed by atoms with Gasteiger partial charge >= 0.3 is 0 Å². The molecule has 2 nitrogen and oxygen atoms in total. The van der Waals surface area contributed by atoms with Gasteiger partial charge in [-0.05, 0) is 32.9 Å². The summed E-state index contributed by atoms with van der Waals surface area (Å²) in [6.07, 6.45) is 2.70. The Kier molecular flexibility index (Phi) is 3.76. The van der Waals surface area contributed by atoms with Crippen molar-refractivity contribution in [1.29, 1.82) is 0 Å². The second kappa shape index (κ2) is 4.69. The van der Waals surface area contributed by atoms with Crippen LogP contribution in [0.1, 0.15) is 12.8 Å². The fourth-order valence-corrected chi connectivity index (χ4v) is 1.28. The largest absolute Gasteiger partial charge is 0.380 e. The highest BCUT2D eigenvalue weighted by Crippen LogP contribution is 2.05. The molecule has 1 fully saturated rings. The lowest BCUT2D eigenvalue weighted by atomic mass is 10.4. The van der Waals surface area contributed by atoms with Crippen LogP contribution in [0.25, 0.3) is 0 Å². The van der Waals surface area contributed by atoms with Crippen LogP contribution >= 0.6 is 0 Å². The number of likely N-dealkylation sites (tertiary alicyclic amines) is 1. The molecule has 0 atom stereocenters. The third-order valence-corrected chi connectivity index (χ3v) is 1.87. The van der Waals surface area contributed by atoms with Crippen molar-refractivity contribution in [3.8, 4) is 0 Å². The molecule has 1 aliphatic heterocycles. The van der Waals surface area contributed by atoms with Crippen LogP contribution < -0.4 is 0 Å². The fraction of sp³-hybridized carbons (Fsp3) is 0.875. The fourth-order valence-electron chi connectivity index (χ4n) is 1.28. The van der Waals surface area contributed by atoms with E-state index < -0.39 is 0 Å². The first kappa shape index (κ1) is 8.02. The van der Waals surface area contributed by atoms with Gasteiger partial charge in [0.1, 0.15) is 0 Å². The van der Waals surface area contributed by atoms with Crippen LogP contribution in [0.15, 0.2) is 0 Å². The van der Waals surface area contributed by atoms with E-state index >= 15 is 0 Å². The van der Waals surface area contributed by atoms with Crippen LogP contribution in [0.5, 0.6) is 0 Å². The SMILES string of the molecule is [CH]COCCN1CCCC1. The Bertz CT molecular complexity index is 79.3. The van der Waals surface area contributed by atoms with Crippen LogP contribution in [0.3, 0.4) is 0 Å². The molecular weight excluding hydrogens is 126 g/mol. The lowest BCUT2D eigenvalue weighted by Crippen LogP contribution is -2.23. The van der Waals surface area contributed by atoms with Gasteiger partial charge in [-0.25, -0.2) is 0 Å². The monoisotopic (exact) mass is 141 g/mol. The average Bonchev–Trinajstić information content (AvgIpc) is 2.41. The lowest BCUT2D eigenvalue weighted by molar-refractivity contribution is 0.132. The Morgan fingerprint density at radius 2 is 2.00 bits per heavy atom. The maximum absolute atomic E-state index is 5.17. The number of nitrogens with zero attached hydrogens (tertiary/aromatic N) is 1. The Morgan fingerprint density at radius 1 is 1.30 bits per heavy atom. The van der Waals surface area contributed by atoms with Gasteiger partial charge in [0, 0.05) is 6.54 Å². The normalized spacial score (nSPS) is 20.1. The Hall–Kier alpha value is -0.0800. The van der Waals surface area contributed by atoms with Crippen molar-refractivity contribution in [2.75, 3.05) is 32.8 Å². The quantitative estimate of drug-likeness (QED) is 0.537. The summed E-state index contributed by atoms with van der Waals surface area (Å²) in [6.45, 7) is 9.86. The highest BCUT2D eigenvalue weighted by atomic mass is 16.5. The molecule has 0 unspecified atom stereocenters. The Labute approximate surface area is 63.2 Å². The molecule has 10 heavy (non-hydrogen) atoms. The molecule has 58 valence electrons. The molecule has 1 saturated heterocycles. The van der Waals surface area contributed by atoms with E-state index in [2.05, 4.69) is 4.90 Å². The van der Waals surface area contributed by atoms with Crippen LogP contribution in [0.4, 0.5) is 0 Å². The third-order valence-electron chi connectivity index (χ3n) is 1.87. The topological polar surface area (TPSA) is 12.5 Å². The summed E-state index contributed by atoms with van der Waals surface area (Å²) < 4.78 is 5.03. The molecule has 0 bridgehead atoms. The van der Waals surface area contributed by atoms with E-state index in [9.17, 15) is 0 Å². The van der Waals surface area contributed by atoms with E-state index in [4.69, 9.17) is 11.7 Å². The van der Waals surface area contributed by atoms with Gasteiger partial charge in [-0.3, -0.25) is 0 Å². The predicted octanol–water partition coefficient (Wildman–Crippen LogP) is 0.810. The molecule has 0 aliphatic carbocycles. The van der Waals surface area contributed by atoms with Crippen molar-refractivity contribution in [2.45, 2.75) is 12.8 Å². The Balaban J connectivity index is 1.91. The smallest absolute Gasteiger partial charge is 0.0593 e. The van der Waals surface area contributed by atoms with Gasteiger partial charge in [-0.1, -0.05) is 0 Å². The minimum atomic E-state index is 0.355. The maximum Gasteiger partial charge on any atom is 0.0593 e. The zero-order valence-electron chi connectivity index (χ0n) is 6.38. The number of hydrogen-bond acceptors (Lipinski definition) is 2. The summed E-state index contributed by atoms with van der Waals surface area (Å²) in [5.74, 6) is 0. The van der Waals surface area contributed by atoms with Crippen molar-refractivity contribution in [2.24, 2.45) is 0 Å². The summed E-state index contributed by atoms with van der Waals surface area (Å²) in [5, 5.41) is 0. The average molecular weight is 141 g/mol. The van der Waals surface area contributed by atoms with Gasteiger partial charge in [0.25, 0.3) is 0 Å². The summed E-state index contributed by atoms with van der Waals surface area (Å²) in [6, 6.07) is 0. The molecule has 0 N–H and O–H groups in total. The number of rotatable bonds is 4. The summed E-state index contributed by atoms with van der Waals surface area (Å²) >= 11 is 0. The predicted molar refractivity (Wildman–Crippen MR) is 40.8 cm³/mol. The van der Waals surface area contributed by atoms with Gasteiger partial charge in [-0.15, -0.1) is 0 Å². The van der Waals surface area contributed by atoms with Gasteiger partial charge in [0.15, 0.2) is 0 Å². The van der Waals surface area contributed by atoms with Crippen LogP contribution in [-0.2, 0) is 4.74 Å². The van der Waals surface area contributed by atoms with E-state index in [0.29, 0.717) is 6.61 Å². The van der Waals surface area contributed by atoms with Crippen molar-refractivity contribution in [3.05, 3.63) is 6.92 Å². The molecule has 0 aromatic heterocycles. The molecule has 1 heterocycles. The highest BCUT2D eigenvalue weighted by molar-refractivity contribution is 4.64. The van der Waals surface area contributed by atoms with E-state index in [1.165, 1.54) is 25.9 Å². The first-order chi connectivity index (χ1) is 4.93. The zero-order chi connectivity index (χ0) is 7.23. The summed E-state index contributed by atoms with van der Waals surface area (Å²) in [7, 11) is 0. The minimum absolute atomic E-state index is 0.355. The second-order valence-corrected chi connectivity index (χ2v) is 2.62. The van der Waals surface area contributed by atoms with E-state index in [0.717, 1.165) is 13.2 Å². The molecule has 1 aliphatic rings. The van der Waals surface area contributed by atoms with Crippen molar-refractivity contribution in [3.63, 3.8) is 0 Å². The molecule has 0 amide bonds. The van der Waals surface area contributed by atoms with E-state index in [1.807, 2.05) is 0 Å². The number of ether oxygens (including phenoxy) is 1. The van der Waals surface area contributed by atoms with Gasteiger partial charge < -0.3 is 9.64 Å². The molecule has 0 aromatic carbocycles. The van der Waals surface area contributed by atoms with Crippen LogP contribution in [0, 0.1) is 6.92 Å². The van der Waals surface area contributed by atoms with Gasteiger partial charge in [0.05, 0.1) is 13.2 Å². The molecule has 2 radical (unpaired) electrons. The third kappa shape index (κ3) is 2.67. The van der Waals surface area contributed by atoms with E-state index in [-0.39, 0.29) is 0 Å². The second-order valence-electron chi connectivity index (χ2n) is 2.62. The molecule has 1 rings (SSSR count). The van der Waals surface area contributed by atoms with Crippen molar-refractivity contribution < 1.29 is 4.74 Å². The van der Waals surface area contributed by atoms with Gasteiger partial charge in [-0.2, -0.15) is 0 Å². The molecular formula is C8H15NO. The van der Waals surface area contributed by atoms with Gasteiger partial charge in [0.2, 0.25) is 0 Å². The standard InChI is InChI=1S/C8H15NO/c1-2-10-8-7-9-5-3-4-6-9/h1H,2-8H2. The van der Waals surface area contributed by atoms with Crippen LogP contribution in [-0.4, -0.2) is 37.7 Å². The summed E-state index contributed by atoms with van der Waals surface area (Å²) in [4.78, 5) is 2.41. The molecule has 0 spiro atoms. The highest BCUT2D eigenvalue weighted by Gasteiger charge is 2.09. The van der Waals surface area contributed by atoms with Crippen molar-refractivity contribution in [1.82, 2.24) is 4.90 Å². The molecule has 0 saturated carbocycles. The zero-order valence-corrected chi connectivity index (χ0v) is 6.38. The minimum Gasteiger partial charge on any atom is -0.380 e. The van der Waals surface area contributed by atoms with E-state index in [1.54, 1.807) is 0 Å². The summed E-state index contributed by atoms with van der Waals surface area (Å²) in [5.41, 5.74) is 0. The maximum atomic E-state index is 5.17. The molecule has 0 aromatic rings. The molecule has 2 heteroatoms.